The largest absolute Gasteiger partial charge is 0.495 e. The van der Waals surface area contributed by atoms with Gasteiger partial charge in [0.25, 0.3) is 0 Å². The molecule has 1 heterocycles. The van der Waals surface area contributed by atoms with Crippen LogP contribution < -0.4 is 9.64 Å². The predicted octanol–water partition coefficient (Wildman–Crippen LogP) is 1.26. The second-order valence-corrected chi connectivity index (χ2v) is 4.37. The number of methoxy groups -OCH3 is 1. The Morgan fingerprint density at radius 3 is 2.63 bits per heavy atom. The van der Waals surface area contributed by atoms with Crippen molar-refractivity contribution in [3.05, 3.63) is 24.3 Å². The van der Waals surface area contributed by atoms with E-state index in [1.807, 2.05) is 30.3 Å². The molecule has 5 heteroatoms. The molecule has 0 saturated carbocycles. The van der Waals surface area contributed by atoms with Gasteiger partial charge in [-0.1, -0.05) is 12.1 Å². The zero-order valence-corrected chi connectivity index (χ0v) is 11.0. The molecular weight excluding hydrogens is 242 g/mol. The zero-order valence-electron chi connectivity index (χ0n) is 11.0. The van der Waals surface area contributed by atoms with E-state index in [9.17, 15) is 4.79 Å². The summed E-state index contributed by atoms with van der Waals surface area (Å²) in [4.78, 5) is 15.6. The van der Waals surface area contributed by atoms with Gasteiger partial charge in [-0.05, 0) is 12.1 Å². The Hall–Kier alpha value is -2.22. The first-order chi connectivity index (χ1) is 9.26. The van der Waals surface area contributed by atoms with Gasteiger partial charge in [0.1, 0.15) is 12.2 Å². The van der Waals surface area contributed by atoms with Crippen LogP contribution in [0.4, 0.5) is 5.69 Å². The summed E-state index contributed by atoms with van der Waals surface area (Å²) < 4.78 is 5.35. The Morgan fingerprint density at radius 2 is 2.00 bits per heavy atom. The quantitative estimate of drug-likeness (QED) is 0.820. The number of anilines is 1. The van der Waals surface area contributed by atoms with Crippen LogP contribution in [0, 0.1) is 11.3 Å². The van der Waals surface area contributed by atoms with Crippen molar-refractivity contribution in [3.8, 4) is 11.8 Å². The van der Waals surface area contributed by atoms with Gasteiger partial charge in [-0.25, -0.2) is 0 Å². The third-order valence-electron chi connectivity index (χ3n) is 3.29. The molecule has 100 valence electrons. The highest BCUT2D eigenvalue weighted by atomic mass is 16.5. The first-order valence-corrected chi connectivity index (χ1v) is 6.29. The van der Waals surface area contributed by atoms with Gasteiger partial charge < -0.3 is 14.5 Å². The van der Waals surface area contributed by atoms with Crippen molar-refractivity contribution in [1.29, 1.82) is 5.26 Å². The van der Waals surface area contributed by atoms with Gasteiger partial charge in [0.15, 0.2) is 0 Å². The molecule has 1 saturated heterocycles. The lowest BCUT2D eigenvalue weighted by Gasteiger charge is -2.36. The summed E-state index contributed by atoms with van der Waals surface area (Å²) in [6.07, 6.45) is -0.0331. The van der Waals surface area contributed by atoms with Crippen LogP contribution in [-0.4, -0.2) is 44.1 Å². The number of rotatable bonds is 3. The third kappa shape index (κ3) is 2.97. The van der Waals surface area contributed by atoms with E-state index in [0.717, 1.165) is 24.5 Å². The average molecular weight is 259 g/mol. The first-order valence-electron chi connectivity index (χ1n) is 6.29. The van der Waals surface area contributed by atoms with E-state index in [4.69, 9.17) is 10.00 Å². The van der Waals surface area contributed by atoms with Gasteiger partial charge in [0, 0.05) is 26.2 Å². The lowest BCUT2D eigenvalue weighted by Crippen LogP contribution is -2.48. The minimum atomic E-state index is -0.0813. The average Bonchev–Trinajstić information content (AvgIpc) is 2.47. The predicted molar refractivity (Wildman–Crippen MR) is 72.0 cm³/mol. The molecule has 0 aliphatic carbocycles. The summed E-state index contributed by atoms with van der Waals surface area (Å²) >= 11 is 0. The minimum Gasteiger partial charge on any atom is -0.495 e. The van der Waals surface area contributed by atoms with Gasteiger partial charge in [0.2, 0.25) is 5.91 Å². The van der Waals surface area contributed by atoms with Crippen LogP contribution in [0.3, 0.4) is 0 Å². The van der Waals surface area contributed by atoms with E-state index in [2.05, 4.69) is 4.90 Å². The monoisotopic (exact) mass is 259 g/mol. The molecule has 0 unspecified atom stereocenters. The molecule has 0 spiro atoms. The molecule has 1 aliphatic rings. The number of carbonyl (C=O) groups is 1. The van der Waals surface area contributed by atoms with Gasteiger partial charge in [0.05, 0.1) is 18.9 Å². The molecule has 1 fully saturated rings. The number of nitrogens with zero attached hydrogens (tertiary/aromatic N) is 3. The molecule has 19 heavy (non-hydrogen) atoms. The van der Waals surface area contributed by atoms with E-state index < -0.39 is 0 Å². The standard InChI is InChI=1S/C14H17N3O2/c1-19-13-5-3-2-4-12(13)16-8-10-17(11-9-16)14(18)6-7-15/h2-5H,6,8-11H2,1H3. The number of ether oxygens (including phenoxy) is 1. The Balaban J connectivity index is 2.00. The lowest BCUT2D eigenvalue weighted by molar-refractivity contribution is -0.130. The number of benzene rings is 1. The number of amides is 1. The van der Waals surface area contributed by atoms with Crippen molar-refractivity contribution in [3.63, 3.8) is 0 Å². The SMILES string of the molecule is COc1ccccc1N1CCN(C(=O)CC#N)CC1. The zero-order chi connectivity index (χ0) is 13.7. The lowest BCUT2D eigenvalue weighted by atomic mass is 10.2. The fourth-order valence-corrected chi connectivity index (χ4v) is 2.27. The normalized spacial score (nSPS) is 14.9. The maximum Gasteiger partial charge on any atom is 0.236 e. The molecule has 0 bridgehead atoms. The van der Waals surface area contributed by atoms with Gasteiger partial charge in [-0.3, -0.25) is 4.79 Å². The van der Waals surface area contributed by atoms with Crippen LogP contribution in [-0.2, 0) is 4.79 Å². The second kappa shape index (κ2) is 6.10. The van der Waals surface area contributed by atoms with Gasteiger partial charge >= 0.3 is 0 Å². The van der Waals surface area contributed by atoms with E-state index in [-0.39, 0.29) is 12.3 Å². The minimum absolute atomic E-state index is 0.0331. The summed E-state index contributed by atoms with van der Waals surface area (Å²) in [6.45, 7) is 2.83. The smallest absolute Gasteiger partial charge is 0.236 e. The van der Waals surface area contributed by atoms with Crippen molar-refractivity contribution < 1.29 is 9.53 Å². The molecule has 0 atom stereocenters. The van der Waals surface area contributed by atoms with Crippen molar-refractivity contribution in [2.75, 3.05) is 38.2 Å². The molecule has 1 amide bonds. The molecule has 1 aliphatic heterocycles. The van der Waals surface area contributed by atoms with E-state index in [1.165, 1.54) is 0 Å². The molecule has 2 rings (SSSR count). The van der Waals surface area contributed by atoms with Crippen LogP contribution >= 0.6 is 0 Å². The van der Waals surface area contributed by atoms with E-state index >= 15 is 0 Å². The van der Waals surface area contributed by atoms with Crippen LogP contribution in [0.5, 0.6) is 5.75 Å². The van der Waals surface area contributed by atoms with Gasteiger partial charge in [-0.2, -0.15) is 5.26 Å². The summed E-state index contributed by atoms with van der Waals surface area (Å²) in [6, 6.07) is 9.77. The Bertz CT molecular complexity index is 488. The van der Waals surface area contributed by atoms with Crippen molar-refractivity contribution in [2.24, 2.45) is 0 Å². The topological polar surface area (TPSA) is 56.6 Å². The van der Waals surface area contributed by atoms with Crippen molar-refractivity contribution in [1.82, 2.24) is 4.90 Å². The first kappa shape index (κ1) is 13.2. The Kier molecular flexibility index (Phi) is 4.24. The number of hydrogen-bond donors (Lipinski definition) is 0. The number of nitriles is 1. The van der Waals surface area contributed by atoms with Crippen LogP contribution in [0.2, 0.25) is 0 Å². The van der Waals surface area contributed by atoms with Crippen LogP contribution in [0.1, 0.15) is 6.42 Å². The molecule has 0 aromatic heterocycles. The van der Waals surface area contributed by atoms with E-state index in [1.54, 1.807) is 12.0 Å². The molecular formula is C14H17N3O2. The Morgan fingerprint density at radius 1 is 1.32 bits per heavy atom. The highest BCUT2D eigenvalue weighted by molar-refractivity contribution is 5.78. The molecule has 5 nitrogen and oxygen atoms in total. The number of hydrogen-bond acceptors (Lipinski definition) is 4. The Labute approximate surface area is 113 Å². The summed E-state index contributed by atoms with van der Waals surface area (Å²) in [7, 11) is 1.66. The van der Waals surface area contributed by atoms with E-state index in [0.29, 0.717) is 13.1 Å². The summed E-state index contributed by atoms with van der Waals surface area (Å²) in [5.41, 5.74) is 1.05. The van der Waals surface area contributed by atoms with Gasteiger partial charge in [-0.15, -0.1) is 0 Å². The molecule has 0 N–H and O–H groups in total. The number of carbonyl (C=O) groups excluding carboxylic acids is 1. The molecule has 1 aromatic carbocycles. The van der Waals surface area contributed by atoms with Crippen LogP contribution in [0.15, 0.2) is 24.3 Å². The van der Waals surface area contributed by atoms with Crippen LogP contribution in [0.25, 0.3) is 0 Å². The summed E-state index contributed by atoms with van der Waals surface area (Å²) in [5, 5.41) is 8.54. The number of para-hydroxylation sites is 2. The fraction of sp³-hybridized carbons (Fsp3) is 0.429. The molecule has 0 radical (unpaired) electrons. The second-order valence-electron chi connectivity index (χ2n) is 4.37. The van der Waals surface area contributed by atoms with Crippen molar-refractivity contribution >= 4 is 11.6 Å². The highest BCUT2D eigenvalue weighted by Crippen LogP contribution is 2.28. The van der Waals surface area contributed by atoms with Crippen molar-refractivity contribution in [2.45, 2.75) is 6.42 Å². The maximum atomic E-state index is 11.6. The molecule has 1 aromatic rings. The third-order valence-corrected chi connectivity index (χ3v) is 3.29. The highest BCUT2D eigenvalue weighted by Gasteiger charge is 2.22. The summed E-state index contributed by atoms with van der Waals surface area (Å²) in [5.74, 6) is 0.765. The fourth-order valence-electron chi connectivity index (χ4n) is 2.27. The maximum absolute atomic E-state index is 11.6. The number of piperazine rings is 1.